The molecule has 0 saturated heterocycles. The number of fused-ring (bicyclic) bond motifs is 1. The number of aromatic nitrogens is 1. The van der Waals surface area contributed by atoms with Gasteiger partial charge < -0.3 is 4.74 Å². The van der Waals surface area contributed by atoms with Crippen molar-refractivity contribution in [2.75, 3.05) is 11.9 Å². The van der Waals surface area contributed by atoms with Crippen molar-refractivity contribution in [1.82, 2.24) is 4.68 Å². The van der Waals surface area contributed by atoms with Crippen LogP contribution in [0.3, 0.4) is 0 Å². The summed E-state index contributed by atoms with van der Waals surface area (Å²) in [5.41, 5.74) is 0.125. The standard InChI is InChI=1S/C19H18N2O5S/c1-13-10-11-21(19(23)16(13)12-18(22)26-2)20-27(24,25)17-9-5-7-14-6-3-4-8-15(14)17/h3-11,20H,12H2,1-2H3. The van der Waals surface area contributed by atoms with Gasteiger partial charge in [0.15, 0.2) is 0 Å². The van der Waals surface area contributed by atoms with Gasteiger partial charge in [0.05, 0.1) is 18.4 Å². The number of nitrogens with one attached hydrogen (secondary N) is 1. The van der Waals surface area contributed by atoms with Gasteiger partial charge in [0, 0.05) is 17.1 Å². The van der Waals surface area contributed by atoms with Crippen LogP contribution in [-0.2, 0) is 26.0 Å². The van der Waals surface area contributed by atoms with Gasteiger partial charge in [0.1, 0.15) is 0 Å². The Kier molecular flexibility index (Phi) is 5.00. The molecule has 0 amide bonds. The molecule has 7 nitrogen and oxygen atoms in total. The fourth-order valence-corrected chi connectivity index (χ4v) is 4.01. The van der Waals surface area contributed by atoms with E-state index in [1.165, 1.54) is 19.4 Å². The lowest BCUT2D eigenvalue weighted by Crippen LogP contribution is -2.35. The molecule has 0 bridgehead atoms. The minimum Gasteiger partial charge on any atom is -0.469 e. The first-order valence-corrected chi connectivity index (χ1v) is 9.60. The Hall–Kier alpha value is -3.13. The molecule has 0 unspecified atom stereocenters. The minimum atomic E-state index is -4.03. The summed E-state index contributed by atoms with van der Waals surface area (Å²) < 4.78 is 31.2. The Bertz CT molecular complexity index is 1180. The normalized spacial score (nSPS) is 11.3. The minimum absolute atomic E-state index is 0.0580. The van der Waals surface area contributed by atoms with Crippen LogP contribution in [0.5, 0.6) is 0 Å². The Morgan fingerprint density at radius 1 is 1.11 bits per heavy atom. The van der Waals surface area contributed by atoms with Crippen LogP contribution < -0.4 is 10.4 Å². The third kappa shape index (κ3) is 3.70. The maximum atomic E-state index is 12.9. The summed E-state index contributed by atoms with van der Waals surface area (Å²) in [6.07, 6.45) is 1.08. The predicted octanol–water partition coefficient (Wildman–Crippen LogP) is 1.96. The Labute approximate surface area is 156 Å². The van der Waals surface area contributed by atoms with Crippen molar-refractivity contribution in [1.29, 1.82) is 0 Å². The number of pyridine rings is 1. The molecule has 8 heteroatoms. The number of carbonyl (C=O) groups excluding carboxylic acids is 1. The Morgan fingerprint density at radius 3 is 2.56 bits per heavy atom. The molecule has 2 aromatic carbocycles. The van der Waals surface area contributed by atoms with E-state index in [2.05, 4.69) is 9.57 Å². The number of rotatable bonds is 5. The molecule has 140 valence electrons. The number of nitrogens with zero attached hydrogens (tertiary/aromatic N) is 1. The van der Waals surface area contributed by atoms with Gasteiger partial charge in [-0.2, -0.15) is 8.42 Å². The molecule has 0 aliphatic carbocycles. The van der Waals surface area contributed by atoms with E-state index in [0.717, 1.165) is 10.1 Å². The third-order valence-corrected chi connectivity index (χ3v) is 5.61. The molecule has 0 aliphatic rings. The quantitative estimate of drug-likeness (QED) is 0.677. The molecule has 1 N–H and O–H groups in total. The van der Waals surface area contributed by atoms with Crippen LogP contribution in [0.25, 0.3) is 10.8 Å². The fraction of sp³-hybridized carbons (Fsp3) is 0.158. The predicted molar refractivity (Wildman–Crippen MR) is 102 cm³/mol. The summed E-state index contributed by atoms with van der Waals surface area (Å²) in [6.45, 7) is 1.67. The van der Waals surface area contributed by atoms with E-state index >= 15 is 0 Å². The molecule has 27 heavy (non-hydrogen) atoms. The lowest BCUT2D eigenvalue weighted by atomic mass is 10.1. The Balaban J connectivity index is 2.05. The Morgan fingerprint density at radius 2 is 1.81 bits per heavy atom. The van der Waals surface area contributed by atoms with E-state index in [0.29, 0.717) is 10.9 Å². The third-order valence-electron chi connectivity index (χ3n) is 4.23. The van der Waals surface area contributed by atoms with Crippen LogP contribution in [0.15, 0.2) is 64.4 Å². The van der Waals surface area contributed by atoms with Crippen molar-refractivity contribution in [3.63, 3.8) is 0 Å². The first-order chi connectivity index (χ1) is 12.8. The van der Waals surface area contributed by atoms with Crippen molar-refractivity contribution < 1.29 is 17.9 Å². The highest BCUT2D eigenvalue weighted by Crippen LogP contribution is 2.22. The molecular weight excluding hydrogens is 368 g/mol. The van der Waals surface area contributed by atoms with E-state index < -0.39 is 21.6 Å². The highest BCUT2D eigenvalue weighted by Gasteiger charge is 2.19. The zero-order chi connectivity index (χ0) is 19.6. The number of hydrogen-bond donors (Lipinski definition) is 1. The molecule has 0 aliphatic heterocycles. The molecule has 3 aromatic rings. The first kappa shape index (κ1) is 18.7. The van der Waals surface area contributed by atoms with E-state index in [9.17, 15) is 18.0 Å². The number of esters is 1. The van der Waals surface area contributed by atoms with E-state index in [-0.39, 0.29) is 16.9 Å². The summed E-state index contributed by atoms with van der Waals surface area (Å²) in [4.78, 5) is 26.5. The van der Waals surface area contributed by atoms with Crippen LogP contribution in [0, 0.1) is 6.92 Å². The van der Waals surface area contributed by atoms with Gasteiger partial charge in [-0.15, -0.1) is 0 Å². The maximum absolute atomic E-state index is 12.9. The van der Waals surface area contributed by atoms with Crippen LogP contribution >= 0.6 is 0 Å². The zero-order valence-electron chi connectivity index (χ0n) is 14.8. The molecule has 1 aromatic heterocycles. The van der Waals surface area contributed by atoms with Gasteiger partial charge in [-0.05, 0) is 30.0 Å². The van der Waals surface area contributed by atoms with Crippen molar-refractivity contribution >= 4 is 26.8 Å². The highest BCUT2D eigenvalue weighted by atomic mass is 32.2. The monoisotopic (exact) mass is 386 g/mol. The summed E-state index contributed by atoms with van der Waals surface area (Å²) >= 11 is 0. The number of aryl methyl sites for hydroxylation is 1. The second kappa shape index (κ2) is 7.24. The molecule has 1 heterocycles. The number of sulfonamides is 1. The SMILES string of the molecule is COC(=O)Cc1c(C)ccn(NS(=O)(=O)c2cccc3ccccc23)c1=O. The lowest BCUT2D eigenvalue weighted by Gasteiger charge is -2.14. The van der Waals surface area contributed by atoms with Crippen LogP contribution in [0.1, 0.15) is 11.1 Å². The molecule has 0 fully saturated rings. The highest BCUT2D eigenvalue weighted by molar-refractivity contribution is 7.92. The van der Waals surface area contributed by atoms with E-state index in [4.69, 9.17) is 0 Å². The van der Waals surface area contributed by atoms with Crippen LogP contribution in [0.4, 0.5) is 0 Å². The van der Waals surface area contributed by atoms with Crippen LogP contribution in [0.2, 0.25) is 0 Å². The smallest absolute Gasteiger partial charge is 0.310 e. The van der Waals surface area contributed by atoms with Gasteiger partial charge in [0.25, 0.3) is 15.6 Å². The van der Waals surface area contributed by atoms with Gasteiger partial charge in [-0.1, -0.05) is 36.4 Å². The zero-order valence-corrected chi connectivity index (χ0v) is 15.6. The molecular formula is C19H18N2O5S. The van der Waals surface area contributed by atoms with Gasteiger partial charge in [-0.25, -0.2) is 9.51 Å². The number of hydrogen-bond acceptors (Lipinski definition) is 5. The van der Waals surface area contributed by atoms with E-state index in [1.807, 2.05) is 6.07 Å². The van der Waals surface area contributed by atoms with Crippen LogP contribution in [-0.4, -0.2) is 26.2 Å². The molecule has 3 rings (SSSR count). The molecule has 0 atom stereocenters. The largest absolute Gasteiger partial charge is 0.469 e. The average molecular weight is 386 g/mol. The topological polar surface area (TPSA) is 94.5 Å². The van der Waals surface area contributed by atoms with Crippen molar-refractivity contribution in [3.05, 3.63) is 76.2 Å². The second-order valence-electron chi connectivity index (χ2n) is 5.98. The van der Waals surface area contributed by atoms with Gasteiger partial charge >= 0.3 is 5.97 Å². The first-order valence-electron chi connectivity index (χ1n) is 8.12. The van der Waals surface area contributed by atoms with Crippen molar-refractivity contribution in [2.45, 2.75) is 18.2 Å². The number of benzene rings is 2. The second-order valence-corrected chi connectivity index (χ2v) is 7.61. The average Bonchev–Trinajstić information content (AvgIpc) is 2.66. The lowest BCUT2D eigenvalue weighted by molar-refractivity contribution is -0.139. The summed E-state index contributed by atoms with van der Waals surface area (Å²) in [7, 11) is -2.80. The fourth-order valence-electron chi connectivity index (χ4n) is 2.78. The molecule has 0 radical (unpaired) electrons. The summed E-state index contributed by atoms with van der Waals surface area (Å²) in [6, 6.07) is 13.5. The molecule has 0 spiro atoms. The summed E-state index contributed by atoms with van der Waals surface area (Å²) in [5, 5.41) is 1.31. The maximum Gasteiger partial charge on any atom is 0.310 e. The van der Waals surface area contributed by atoms with Crippen molar-refractivity contribution in [3.8, 4) is 0 Å². The van der Waals surface area contributed by atoms with Crippen molar-refractivity contribution in [2.24, 2.45) is 0 Å². The van der Waals surface area contributed by atoms with Gasteiger partial charge in [-0.3, -0.25) is 9.59 Å². The van der Waals surface area contributed by atoms with E-state index in [1.54, 1.807) is 43.3 Å². The summed E-state index contributed by atoms with van der Waals surface area (Å²) in [5.74, 6) is -0.579. The number of carbonyl (C=O) groups is 1. The van der Waals surface area contributed by atoms with Gasteiger partial charge in [0.2, 0.25) is 0 Å². The molecule has 0 saturated carbocycles. The number of ether oxygens (including phenoxy) is 1. The number of methoxy groups -OCH3 is 1.